The maximum Gasteiger partial charge on any atom is 0.0564 e. The van der Waals surface area contributed by atoms with Gasteiger partial charge in [0.1, 0.15) is 0 Å². The highest BCUT2D eigenvalue weighted by Crippen LogP contribution is 2.25. The van der Waals surface area contributed by atoms with Crippen molar-refractivity contribution in [3.8, 4) is 0 Å². The van der Waals surface area contributed by atoms with Crippen molar-refractivity contribution >= 4 is 5.69 Å². The van der Waals surface area contributed by atoms with Crippen LogP contribution in [0.5, 0.6) is 0 Å². The highest BCUT2D eigenvalue weighted by Gasteiger charge is 2.19. The van der Waals surface area contributed by atoms with Crippen LogP contribution < -0.4 is 5.32 Å². The Labute approximate surface area is 123 Å². The average Bonchev–Trinajstić information content (AvgIpc) is 2.65. The molecule has 0 bridgehead atoms. The van der Waals surface area contributed by atoms with Crippen LogP contribution in [0.25, 0.3) is 0 Å². The summed E-state index contributed by atoms with van der Waals surface area (Å²) in [5.41, 5.74) is 2.37. The Morgan fingerprint density at radius 1 is 1.35 bits per heavy atom. The number of likely N-dealkylation sites (tertiary alicyclic amines) is 1. The Balaban J connectivity index is 1.91. The second kappa shape index (κ2) is 7.63. The number of nitrogens with one attached hydrogen (secondary N) is 1. The van der Waals surface area contributed by atoms with E-state index >= 15 is 0 Å². The maximum absolute atomic E-state index is 4.52. The van der Waals surface area contributed by atoms with Crippen molar-refractivity contribution in [3.63, 3.8) is 0 Å². The summed E-state index contributed by atoms with van der Waals surface area (Å²) in [4.78, 5) is 7.09. The van der Waals surface area contributed by atoms with Crippen LogP contribution in [-0.2, 0) is 6.54 Å². The predicted octanol–water partition coefficient (Wildman–Crippen LogP) is 3.77. The van der Waals surface area contributed by atoms with E-state index in [4.69, 9.17) is 0 Å². The first kappa shape index (κ1) is 15.3. The lowest BCUT2D eigenvalue weighted by Gasteiger charge is -2.21. The van der Waals surface area contributed by atoms with E-state index in [9.17, 15) is 0 Å². The van der Waals surface area contributed by atoms with Crippen LogP contribution in [0.3, 0.4) is 0 Å². The van der Waals surface area contributed by atoms with E-state index < -0.39 is 0 Å². The summed E-state index contributed by atoms with van der Waals surface area (Å²) in [5.74, 6) is 1.73. The minimum atomic E-state index is 0.824. The number of hydrogen-bond donors (Lipinski definition) is 1. The minimum absolute atomic E-state index is 0.824. The zero-order valence-corrected chi connectivity index (χ0v) is 13.2. The van der Waals surface area contributed by atoms with E-state index in [1.807, 2.05) is 12.3 Å². The van der Waals surface area contributed by atoms with Crippen molar-refractivity contribution in [2.45, 2.75) is 46.6 Å². The summed E-state index contributed by atoms with van der Waals surface area (Å²) < 4.78 is 0. The molecule has 2 heterocycles. The first-order valence-corrected chi connectivity index (χ1v) is 8.10. The summed E-state index contributed by atoms with van der Waals surface area (Å²) in [6.45, 7) is 11.2. The van der Waals surface area contributed by atoms with E-state index in [1.165, 1.54) is 43.7 Å². The van der Waals surface area contributed by atoms with Gasteiger partial charge in [-0.2, -0.15) is 0 Å². The first-order valence-electron chi connectivity index (χ1n) is 8.10. The van der Waals surface area contributed by atoms with Gasteiger partial charge in [0, 0.05) is 25.0 Å². The number of nitrogens with zero attached hydrogens (tertiary/aromatic N) is 2. The van der Waals surface area contributed by atoms with Crippen molar-refractivity contribution in [3.05, 3.63) is 24.0 Å². The fourth-order valence-electron chi connectivity index (χ4n) is 3.11. The lowest BCUT2D eigenvalue weighted by Crippen LogP contribution is -2.25. The molecule has 0 radical (unpaired) electrons. The number of anilines is 1. The molecule has 0 aromatic carbocycles. The monoisotopic (exact) mass is 275 g/mol. The summed E-state index contributed by atoms with van der Waals surface area (Å²) >= 11 is 0. The molecule has 0 aliphatic carbocycles. The maximum atomic E-state index is 4.52. The molecular formula is C17H29N3. The van der Waals surface area contributed by atoms with Crippen molar-refractivity contribution in [1.82, 2.24) is 9.88 Å². The SMILES string of the molecule is CCNc1ccnc(CN2CCCC(C(C)C)CC2)c1. The molecule has 20 heavy (non-hydrogen) atoms. The minimum Gasteiger partial charge on any atom is -0.385 e. The van der Waals surface area contributed by atoms with Crippen LogP contribution in [0, 0.1) is 11.8 Å². The summed E-state index contributed by atoms with van der Waals surface area (Å²) in [7, 11) is 0. The zero-order valence-electron chi connectivity index (χ0n) is 13.2. The molecule has 0 saturated carbocycles. The lowest BCUT2D eigenvalue weighted by molar-refractivity contribution is 0.262. The third kappa shape index (κ3) is 4.48. The molecule has 1 aromatic rings. The highest BCUT2D eigenvalue weighted by atomic mass is 15.1. The molecule has 2 rings (SSSR count). The summed E-state index contributed by atoms with van der Waals surface area (Å²) in [6.07, 6.45) is 5.97. The lowest BCUT2D eigenvalue weighted by atomic mass is 9.89. The summed E-state index contributed by atoms with van der Waals surface area (Å²) in [5, 5.41) is 3.36. The fraction of sp³-hybridized carbons (Fsp3) is 0.706. The third-order valence-corrected chi connectivity index (χ3v) is 4.39. The van der Waals surface area contributed by atoms with Gasteiger partial charge < -0.3 is 5.32 Å². The largest absolute Gasteiger partial charge is 0.385 e. The van der Waals surface area contributed by atoms with Crippen LogP contribution in [0.4, 0.5) is 5.69 Å². The van der Waals surface area contributed by atoms with Gasteiger partial charge in [-0.1, -0.05) is 13.8 Å². The number of pyridine rings is 1. The van der Waals surface area contributed by atoms with Crippen LogP contribution in [0.1, 0.15) is 45.7 Å². The highest BCUT2D eigenvalue weighted by molar-refractivity contribution is 5.42. The molecule has 1 aliphatic rings. The molecular weight excluding hydrogens is 246 g/mol. The Morgan fingerprint density at radius 2 is 2.20 bits per heavy atom. The molecule has 3 heteroatoms. The van der Waals surface area contributed by atoms with E-state index in [0.717, 1.165) is 24.9 Å². The topological polar surface area (TPSA) is 28.2 Å². The Bertz CT molecular complexity index is 403. The van der Waals surface area contributed by atoms with E-state index in [2.05, 4.69) is 42.0 Å². The van der Waals surface area contributed by atoms with Crippen molar-refractivity contribution < 1.29 is 0 Å². The van der Waals surface area contributed by atoms with Gasteiger partial charge in [-0.3, -0.25) is 9.88 Å². The van der Waals surface area contributed by atoms with Crippen LogP contribution >= 0.6 is 0 Å². The average molecular weight is 275 g/mol. The van der Waals surface area contributed by atoms with Gasteiger partial charge in [-0.25, -0.2) is 0 Å². The van der Waals surface area contributed by atoms with Gasteiger partial charge in [0.05, 0.1) is 5.69 Å². The molecule has 1 saturated heterocycles. The Kier molecular flexibility index (Phi) is 5.84. The predicted molar refractivity (Wildman–Crippen MR) is 85.9 cm³/mol. The molecule has 1 N–H and O–H groups in total. The Morgan fingerprint density at radius 3 is 2.95 bits per heavy atom. The van der Waals surface area contributed by atoms with Gasteiger partial charge in [0.15, 0.2) is 0 Å². The van der Waals surface area contributed by atoms with Crippen LogP contribution in [0.15, 0.2) is 18.3 Å². The number of rotatable bonds is 5. The molecule has 3 nitrogen and oxygen atoms in total. The van der Waals surface area contributed by atoms with Gasteiger partial charge in [-0.15, -0.1) is 0 Å². The Hall–Kier alpha value is -1.09. The smallest absolute Gasteiger partial charge is 0.0564 e. The van der Waals surface area contributed by atoms with E-state index in [-0.39, 0.29) is 0 Å². The molecule has 1 atom stereocenters. The van der Waals surface area contributed by atoms with Gasteiger partial charge in [-0.05, 0) is 63.2 Å². The molecule has 1 aliphatic heterocycles. The molecule has 112 valence electrons. The van der Waals surface area contributed by atoms with E-state index in [0.29, 0.717) is 0 Å². The standard InChI is InChI=1S/C17H29N3/c1-4-18-16-7-9-19-17(12-16)13-20-10-5-6-15(8-11-20)14(2)3/h7,9,12,14-15H,4-6,8,10-11,13H2,1-3H3,(H,18,19). The fourth-order valence-corrected chi connectivity index (χ4v) is 3.11. The number of hydrogen-bond acceptors (Lipinski definition) is 3. The van der Waals surface area contributed by atoms with Crippen molar-refractivity contribution in [2.75, 3.05) is 25.0 Å². The normalized spacial score (nSPS) is 20.9. The third-order valence-electron chi connectivity index (χ3n) is 4.39. The van der Waals surface area contributed by atoms with Gasteiger partial charge >= 0.3 is 0 Å². The molecule has 0 spiro atoms. The van der Waals surface area contributed by atoms with Crippen LogP contribution in [0.2, 0.25) is 0 Å². The summed E-state index contributed by atoms with van der Waals surface area (Å²) in [6, 6.07) is 4.23. The molecule has 1 aromatic heterocycles. The van der Waals surface area contributed by atoms with Crippen molar-refractivity contribution in [2.24, 2.45) is 11.8 Å². The van der Waals surface area contributed by atoms with Crippen molar-refractivity contribution in [1.29, 1.82) is 0 Å². The first-order chi connectivity index (χ1) is 9.69. The molecule has 1 fully saturated rings. The number of aromatic nitrogens is 1. The van der Waals surface area contributed by atoms with Crippen LogP contribution in [-0.4, -0.2) is 29.5 Å². The second-order valence-electron chi connectivity index (χ2n) is 6.28. The molecule has 1 unspecified atom stereocenters. The second-order valence-corrected chi connectivity index (χ2v) is 6.28. The van der Waals surface area contributed by atoms with E-state index in [1.54, 1.807) is 0 Å². The van der Waals surface area contributed by atoms with Gasteiger partial charge in [0.2, 0.25) is 0 Å². The van der Waals surface area contributed by atoms with Gasteiger partial charge in [0.25, 0.3) is 0 Å². The zero-order chi connectivity index (χ0) is 14.4. The molecule has 0 amide bonds. The quantitative estimate of drug-likeness (QED) is 0.886.